The zero-order chi connectivity index (χ0) is 25.4. The highest BCUT2D eigenvalue weighted by Crippen LogP contribution is 2.35. The Balaban J connectivity index is 0.00000107. The second-order valence-corrected chi connectivity index (χ2v) is 12.3. The molecule has 0 radical (unpaired) electrons. The summed E-state index contributed by atoms with van der Waals surface area (Å²) in [5, 5.41) is -0.232. The Kier molecular flexibility index (Phi) is 14.7. The van der Waals surface area contributed by atoms with Crippen molar-refractivity contribution < 1.29 is 8.42 Å². The Morgan fingerprint density at radius 1 is 1.09 bits per heavy atom. The molecule has 186 valence electrons. The van der Waals surface area contributed by atoms with Crippen molar-refractivity contribution in [2.75, 3.05) is 0 Å². The molecular weight excluding hydrogens is 456 g/mol. The van der Waals surface area contributed by atoms with Gasteiger partial charge in [-0.2, -0.15) is 0 Å². The van der Waals surface area contributed by atoms with Crippen LogP contribution in [0.25, 0.3) is 0 Å². The van der Waals surface area contributed by atoms with Crippen LogP contribution in [0.1, 0.15) is 86.0 Å². The Morgan fingerprint density at radius 3 is 2.21 bits per heavy atom. The van der Waals surface area contributed by atoms with Crippen molar-refractivity contribution in [2.45, 2.75) is 101 Å². The molecule has 1 aromatic rings. The van der Waals surface area contributed by atoms with E-state index in [0.717, 1.165) is 54.7 Å². The standard InChI is InChI=1S/C25H29O2S2.C3H8.C2H6/c1-3-11-21(12-4-2)28(22-13-7-5-8-14-22)23-17-19-25(20-18-23)29(26,27)24-15-9-6-10-16-24;1-3-2;1-2/h1,4,7,11-14,17-20,24H,5-6,8-10,15-16H2,2H3;3H2,1-2H3;1-2H3/q+1;;/b12-4-,21-11+;;. The first-order valence-electron chi connectivity index (χ1n) is 12.7. The third kappa shape index (κ3) is 8.67. The first kappa shape index (κ1) is 30.1. The lowest BCUT2D eigenvalue weighted by Crippen LogP contribution is -2.24. The largest absolute Gasteiger partial charge is 0.223 e. The Morgan fingerprint density at radius 2 is 1.71 bits per heavy atom. The van der Waals surface area contributed by atoms with Crippen LogP contribution < -0.4 is 0 Å². The molecule has 0 spiro atoms. The van der Waals surface area contributed by atoms with Gasteiger partial charge >= 0.3 is 0 Å². The molecule has 1 fully saturated rings. The van der Waals surface area contributed by atoms with Gasteiger partial charge in [0, 0.05) is 6.08 Å². The molecule has 1 saturated carbocycles. The van der Waals surface area contributed by atoms with Crippen LogP contribution >= 0.6 is 0 Å². The van der Waals surface area contributed by atoms with Crippen molar-refractivity contribution >= 4 is 20.7 Å². The third-order valence-corrected chi connectivity index (χ3v) is 9.89. The van der Waals surface area contributed by atoms with Crippen LogP contribution in [0, 0.1) is 12.3 Å². The molecule has 0 amide bonds. The molecule has 3 rings (SSSR count). The molecule has 2 aliphatic carbocycles. The van der Waals surface area contributed by atoms with Gasteiger partial charge in [-0.15, -0.1) is 6.42 Å². The molecule has 0 N–H and O–H groups in total. The van der Waals surface area contributed by atoms with Crippen LogP contribution in [-0.2, 0) is 20.7 Å². The number of allylic oxidation sites excluding steroid dienone is 6. The lowest BCUT2D eigenvalue weighted by atomic mass is 10.0. The maximum atomic E-state index is 13.0. The number of terminal acetylenes is 1. The first-order valence-corrected chi connectivity index (χ1v) is 15.5. The van der Waals surface area contributed by atoms with Gasteiger partial charge in [0.15, 0.2) is 24.5 Å². The average molecular weight is 500 g/mol. The summed E-state index contributed by atoms with van der Waals surface area (Å²) in [5.74, 6) is 2.67. The van der Waals surface area contributed by atoms with E-state index in [2.05, 4.69) is 44.1 Å². The maximum Gasteiger partial charge on any atom is 0.181 e. The lowest BCUT2D eigenvalue weighted by molar-refractivity contribution is 0.483. The second-order valence-electron chi connectivity index (χ2n) is 8.09. The van der Waals surface area contributed by atoms with Crippen molar-refractivity contribution in [2.24, 2.45) is 0 Å². The molecule has 0 saturated heterocycles. The molecule has 34 heavy (non-hydrogen) atoms. The SMILES string of the molecule is C#C/C=C(\C=C/C)[S+](C1=CCCC=C1)c1ccc(S(=O)(=O)C2CCCCC2)cc1.CC.CCC. The quantitative estimate of drug-likeness (QED) is 0.223. The Bertz CT molecular complexity index is 981. The Hall–Kier alpha value is -1.96. The van der Waals surface area contributed by atoms with E-state index in [1.807, 2.05) is 45.1 Å². The summed E-state index contributed by atoms with van der Waals surface area (Å²) in [4.78, 5) is 3.83. The summed E-state index contributed by atoms with van der Waals surface area (Å²) in [6.07, 6.45) is 26.1. The summed E-state index contributed by atoms with van der Waals surface area (Å²) in [6.45, 7) is 10.2. The van der Waals surface area contributed by atoms with E-state index < -0.39 is 9.84 Å². The minimum atomic E-state index is -3.26. The van der Waals surface area contributed by atoms with Crippen LogP contribution in [0.4, 0.5) is 0 Å². The lowest BCUT2D eigenvalue weighted by Gasteiger charge is -2.21. The summed E-state index contributed by atoms with van der Waals surface area (Å²) in [7, 11) is -3.60. The molecule has 1 unspecified atom stereocenters. The molecule has 4 heteroatoms. The van der Waals surface area contributed by atoms with Crippen molar-refractivity contribution in [1.82, 2.24) is 0 Å². The molecule has 0 aromatic heterocycles. The fourth-order valence-corrected chi connectivity index (χ4v) is 7.96. The van der Waals surface area contributed by atoms with Crippen molar-refractivity contribution in [3.05, 3.63) is 70.5 Å². The van der Waals surface area contributed by atoms with Gasteiger partial charge in [0.05, 0.1) is 21.0 Å². The van der Waals surface area contributed by atoms with Crippen molar-refractivity contribution in [3.8, 4) is 12.3 Å². The predicted octanol–water partition coefficient (Wildman–Crippen LogP) is 8.54. The van der Waals surface area contributed by atoms with Gasteiger partial charge in [-0.3, -0.25) is 0 Å². The highest BCUT2D eigenvalue weighted by atomic mass is 32.2. The molecule has 0 aliphatic heterocycles. The van der Waals surface area contributed by atoms with Crippen molar-refractivity contribution in [1.29, 1.82) is 0 Å². The minimum Gasteiger partial charge on any atom is -0.223 e. The number of hydrogen-bond acceptors (Lipinski definition) is 2. The molecule has 0 heterocycles. The van der Waals surface area contributed by atoms with Crippen molar-refractivity contribution in [3.63, 3.8) is 0 Å². The number of hydrogen-bond donors (Lipinski definition) is 0. The van der Waals surface area contributed by atoms with E-state index >= 15 is 0 Å². The van der Waals surface area contributed by atoms with E-state index in [0.29, 0.717) is 4.90 Å². The number of sulfone groups is 1. The van der Waals surface area contributed by atoms with Crippen LogP contribution in [0.2, 0.25) is 0 Å². The van der Waals surface area contributed by atoms with Crippen LogP contribution in [0.15, 0.2) is 80.3 Å². The molecular formula is C30H43O2S2+. The second kappa shape index (κ2) is 16.6. The average Bonchev–Trinajstić information content (AvgIpc) is 2.88. The zero-order valence-corrected chi connectivity index (χ0v) is 23.4. The first-order chi connectivity index (χ1) is 16.5. The van der Waals surface area contributed by atoms with E-state index in [1.54, 1.807) is 12.1 Å². The summed E-state index contributed by atoms with van der Waals surface area (Å²) in [5.41, 5.74) is 0. The maximum absolute atomic E-state index is 13.0. The minimum absolute atomic E-state index is 0.232. The molecule has 0 bridgehead atoms. The van der Waals surface area contributed by atoms with Crippen LogP contribution in [0.5, 0.6) is 0 Å². The summed E-state index contributed by atoms with van der Waals surface area (Å²) in [6, 6.07) is 7.51. The van der Waals surface area contributed by atoms with E-state index in [9.17, 15) is 8.42 Å². The Labute approximate surface area is 212 Å². The van der Waals surface area contributed by atoms with Gasteiger partial charge in [-0.1, -0.05) is 71.5 Å². The molecule has 2 nitrogen and oxygen atoms in total. The number of rotatable bonds is 6. The van der Waals surface area contributed by atoms with Gasteiger partial charge in [0.2, 0.25) is 0 Å². The van der Waals surface area contributed by atoms with Gasteiger partial charge in [-0.05, 0) is 75.1 Å². The van der Waals surface area contributed by atoms with Gasteiger partial charge in [-0.25, -0.2) is 8.42 Å². The fourth-order valence-electron chi connectivity index (χ4n) is 3.90. The normalized spacial score (nSPS) is 17.5. The number of benzene rings is 1. The van der Waals surface area contributed by atoms with Crippen LogP contribution in [0.3, 0.4) is 0 Å². The molecule has 2 aliphatic rings. The summed E-state index contributed by atoms with van der Waals surface area (Å²) < 4.78 is 26.1. The fraction of sp³-hybridized carbons (Fsp3) is 0.467. The van der Waals surface area contributed by atoms with Crippen LogP contribution in [-0.4, -0.2) is 13.7 Å². The van der Waals surface area contributed by atoms with E-state index in [4.69, 9.17) is 6.42 Å². The van der Waals surface area contributed by atoms with E-state index in [1.165, 1.54) is 11.3 Å². The highest BCUT2D eigenvalue weighted by molar-refractivity contribution is 8.04. The summed E-state index contributed by atoms with van der Waals surface area (Å²) >= 11 is 0. The third-order valence-electron chi connectivity index (χ3n) is 5.37. The monoisotopic (exact) mass is 499 g/mol. The highest BCUT2D eigenvalue weighted by Gasteiger charge is 2.33. The van der Waals surface area contributed by atoms with Gasteiger partial charge < -0.3 is 0 Å². The topological polar surface area (TPSA) is 34.1 Å². The molecule has 1 aromatic carbocycles. The molecule has 1 atom stereocenters. The smallest absolute Gasteiger partial charge is 0.181 e. The predicted molar refractivity (Wildman–Crippen MR) is 152 cm³/mol. The van der Waals surface area contributed by atoms with Gasteiger partial charge in [0.1, 0.15) is 0 Å². The van der Waals surface area contributed by atoms with Gasteiger partial charge in [0.25, 0.3) is 0 Å². The zero-order valence-electron chi connectivity index (χ0n) is 21.7. The van der Waals surface area contributed by atoms with E-state index in [-0.39, 0.29) is 16.1 Å².